The van der Waals surface area contributed by atoms with E-state index < -0.39 is 6.16 Å². The van der Waals surface area contributed by atoms with Crippen LogP contribution in [0.3, 0.4) is 0 Å². The van der Waals surface area contributed by atoms with Gasteiger partial charge in [-0.1, -0.05) is 52.0 Å². The monoisotopic (exact) mass is 439 g/mol. The van der Waals surface area contributed by atoms with E-state index in [2.05, 4.69) is 31.9 Å². The third-order valence-electron chi connectivity index (χ3n) is 5.37. The van der Waals surface area contributed by atoms with Crippen molar-refractivity contribution in [3.05, 3.63) is 52.3 Å². The number of nitrogens with zero attached hydrogens (tertiary/aromatic N) is 3. The lowest BCUT2D eigenvalue weighted by molar-refractivity contribution is -0.0206. The van der Waals surface area contributed by atoms with Gasteiger partial charge in [0, 0.05) is 12.6 Å². The van der Waals surface area contributed by atoms with Gasteiger partial charge in [-0.25, -0.2) is 4.79 Å². The van der Waals surface area contributed by atoms with Gasteiger partial charge in [-0.2, -0.15) is 10.4 Å². The highest BCUT2D eigenvalue weighted by Crippen LogP contribution is 2.31. The van der Waals surface area contributed by atoms with Gasteiger partial charge in [0.1, 0.15) is 23.4 Å². The maximum absolute atomic E-state index is 11.9. The molecule has 0 bridgehead atoms. The first-order chi connectivity index (χ1) is 15.0. The lowest BCUT2D eigenvalue weighted by Crippen LogP contribution is -2.17. The second-order valence-corrected chi connectivity index (χ2v) is 8.82. The van der Waals surface area contributed by atoms with Crippen LogP contribution in [-0.2, 0) is 26.7 Å². The first-order valence-electron chi connectivity index (χ1n) is 10.7. The standard InChI is InChI=1S/C25H33N3O4/c1-9-16(2)32-24(29)31-15-30-23(22-17(3)18(4)27-28(22)8)21(14-26)19-10-12-20(13-11-19)25(5,6)7/h10-13,16H,9,15H2,1-8H3/b23-21-. The van der Waals surface area contributed by atoms with E-state index in [1.54, 1.807) is 18.7 Å². The molecule has 0 spiro atoms. The molecule has 172 valence electrons. The Labute approximate surface area is 190 Å². The highest BCUT2D eigenvalue weighted by atomic mass is 16.8. The predicted octanol–water partition coefficient (Wildman–Crippen LogP) is 5.65. The third-order valence-corrected chi connectivity index (χ3v) is 5.37. The summed E-state index contributed by atoms with van der Waals surface area (Å²) in [5.41, 5.74) is 4.53. The molecule has 0 aliphatic heterocycles. The molecule has 32 heavy (non-hydrogen) atoms. The van der Waals surface area contributed by atoms with Crippen LogP contribution in [-0.4, -0.2) is 28.8 Å². The van der Waals surface area contributed by atoms with Crippen LogP contribution in [0.25, 0.3) is 11.3 Å². The molecule has 0 fully saturated rings. The minimum absolute atomic E-state index is 0.00601. The molecule has 1 aromatic heterocycles. The molecule has 1 aromatic carbocycles. The molecule has 1 atom stereocenters. The fraction of sp³-hybridized carbons (Fsp3) is 0.480. The zero-order valence-corrected chi connectivity index (χ0v) is 20.3. The molecule has 1 unspecified atom stereocenters. The van der Waals surface area contributed by atoms with Crippen LogP contribution in [0.1, 0.15) is 69.1 Å². The summed E-state index contributed by atoms with van der Waals surface area (Å²) in [6.07, 6.45) is -0.391. The van der Waals surface area contributed by atoms with Crippen molar-refractivity contribution >= 4 is 17.5 Å². The number of carbonyl (C=O) groups excluding carboxylic acids is 1. The van der Waals surface area contributed by atoms with Crippen molar-refractivity contribution in [3.8, 4) is 6.07 Å². The second kappa shape index (κ2) is 10.4. The summed E-state index contributed by atoms with van der Waals surface area (Å²) >= 11 is 0. The Kier molecular flexibility index (Phi) is 8.09. The minimum Gasteiger partial charge on any atom is -0.454 e. The highest BCUT2D eigenvalue weighted by molar-refractivity contribution is 5.94. The Morgan fingerprint density at radius 1 is 1.19 bits per heavy atom. The van der Waals surface area contributed by atoms with Crippen molar-refractivity contribution in [2.75, 3.05) is 6.79 Å². The molecule has 7 nitrogen and oxygen atoms in total. The average molecular weight is 440 g/mol. The van der Waals surface area contributed by atoms with Crippen LogP contribution in [0, 0.1) is 25.2 Å². The van der Waals surface area contributed by atoms with Gasteiger partial charge < -0.3 is 14.2 Å². The number of rotatable bonds is 7. The van der Waals surface area contributed by atoms with Crippen molar-refractivity contribution in [1.82, 2.24) is 9.78 Å². The first kappa shape index (κ1) is 25.0. The van der Waals surface area contributed by atoms with E-state index in [-0.39, 0.29) is 18.3 Å². The Hall–Kier alpha value is -3.27. The lowest BCUT2D eigenvalue weighted by Gasteiger charge is -2.19. The quantitative estimate of drug-likeness (QED) is 0.240. The molecule has 2 aromatic rings. The molecule has 0 N–H and O–H groups in total. The van der Waals surface area contributed by atoms with Crippen molar-refractivity contribution in [1.29, 1.82) is 5.26 Å². The van der Waals surface area contributed by atoms with E-state index in [9.17, 15) is 10.1 Å². The fourth-order valence-electron chi connectivity index (χ4n) is 3.14. The van der Waals surface area contributed by atoms with Crippen molar-refractivity contribution in [3.63, 3.8) is 0 Å². The summed E-state index contributed by atoms with van der Waals surface area (Å²) in [5.74, 6) is 0.299. The first-order valence-corrected chi connectivity index (χ1v) is 10.7. The van der Waals surface area contributed by atoms with Gasteiger partial charge in [-0.15, -0.1) is 0 Å². The summed E-state index contributed by atoms with van der Waals surface area (Å²) in [7, 11) is 1.79. The number of aromatic nitrogens is 2. The Balaban J connectivity index is 2.45. The highest BCUT2D eigenvalue weighted by Gasteiger charge is 2.22. The minimum atomic E-state index is -0.815. The van der Waals surface area contributed by atoms with Crippen LogP contribution in [0.2, 0.25) is 0 Å². The number of nitriles is 1. The number of hydrogen-bond acceptors (Lipinski definition) is 6. The molecule has 0 saturated heterocycles. The number of carbonyl (C=O) groups is 1. The van der Waals surface area contributed by atoms with Gasteiger partial charge in [0.05, 0.1) is 5.69 Å². The van der Waals surface area contributed by atoms with Gasteiger partial charge in [0.25, 0.3) is 0 Å². The molecular formula is C25H33N3O4. The topological polar surface area (TPSA) is 86.4 Å². The van der Waals surface area contributed by atoms with Crippen molar-refractivity contribution < 1.29 is 19.0 Å². The number of aryl methyl sites for hydroxylation is 2. The molecule has 2 rings (SSSR count). The lowest BCUT2D eigenvalue weighted by atomic mass is 9.86. The van der Waals surface area contributed by atoms with E-state index in [4.69, 9.17) is 14.2 Å². The molecule has 0 radical (unpaired) electrons. The van der Waals surface area contributed by atoms with Gasteiger partial charge >= 0.3 is 6.16 Å². The molecular weight excluding hydrogens is 406 g/mol. The molecule has 0 aliphatic rings. The summed E-state index contributed by atoms with van der Waals surface area (Å²) < 4.78 is 17.7. The molecule has 0 amide bonds. The molecule has 1 heterocycles. The number of benzene rings is 1. The van der Waals surface area contributed by atoms with E-state index >= 15 is 0 Å². The smallest absolute Gasteiger partial charge is 0.454 e. The largest absolute Gasteiger partial charge is 0.511 e. The Morgan fingerprint density at radius 3 is 2.28 bits per heavy atom. The maximum Gasteiger partial charge on any atom is 0.511 e. The van der Waals surface area contributed by atoms with E-state index in [0.717, 1.165) is 16.8 Å². The number of allylic oxidation sites excluding steroid dienone is 1. The van der Waals surface area contributed by atoms with E-state index in [1.807, 2.05) is 45.0 Å². The van der Waals surface area contributed by atoms with Gasteiger partial charge in [0.2, 0.25) is 6.79 Å². The predicted molar refractivity (Wildman–Crippen MR) is 124 cm³/mol. The summed E-state index contributed by atoms with van der Waals surface area (Å²) in [6.45, 7) is 13.5. The molecule has 0 saturated carbocycles. The zero-order valence-electron chi connectivity index (χ0n) is 20.3. The summed E-state index contributed by atoms with van der Waals surface area (Å²) in [6, 6.07) is 10.1. The van der Waals surface area contributed by atoms with Gasteiger partial charge in [0.15, 0.2) is 5.76 Å². The van der Waals surface area contributed by atoms with Crippen LogP contribution in [0.4, 0.5) is 4.79 Å². The molecule has 7 heteroatoms. The SMILES string of the molecule is CCC(C)OC(=O)OCO/C(=C(/C#N)c1ccc(C(C)(C)C)cc1)c1c(C)c(C)nn1C. The zero-order chi connectivity index (χ0) is 24.1. The summed E-state index contributed by atoms with van der Waals surface area (Å²) in [5, 5.41) is 14.5. The van der Waals surface area contributed by atoms with Gasteiger partial charge in [-0.3, -0.25) is 4.68 Å². The van der Waals surface area contributed by atoms with Gasteiger partial charge in [-0.05, 0) is 43.7 Å². The number of hydrogen-bond donors (Lipinski definition) is 0. The second-order valence-electron chi connectivity index (χ2n) is 8.82. The van der Waals surface area contributed by atoms with Crippen molar-refractivity contribution in [2.24, 2.45) is 7.05 Å². The van der Waals surface area contributed by atoms with Crippen LogP contribution in [0.5, 0.6) is 0 Å². The molecule has 0 aliphatic carbocycles. The van der Waals surface area contributed by atoms with E-state index in [1.165, 1.54) is 0 Å². The van der Waals surface area contributed by atoms with E-state index in [0.29, 0.717) is 29.0 Å². The Morgan fingerprint density at radius 2 is 1.81 bits per heavy atom. The van der Waals surface area contributed by atoms with Crippen LogP contribution in [0.15, 0.2) is 24.3 Å². The van der Waals surface area contributed by atoms with Crippen molar-refractivity contribution in [2.45, 2.75) is 66.4 Å². The maximum atomic E-state index is 11.9. The average Bonchev–Trinajstić information content (AvgIpc) is 2.98. The third kappa shape index (κ3) is 5.91. The fourth-order valence-corrected chi connectivity index (χ4v) is 3.14. The normalized spacial score (nSPS) is 13.1. The van der Waals surface area contributed by atoms with Crippen LogP contribution < -0.4 is 0 Å². The Bertz CT molecular complexity index is 1020. The summed E-state index contributed by atoms with van der Waals surface area (Å²) in [4.78, 5) is 11.9. The number of ether oxygens (including phenoxy) is 3. The van der Waals surface area contributed by atoms with Crippen LogP contribution >= 0.6 is 0 Å².